The molecule has 1 amide bonds. The maximum absolute atomic E-state index is 12.2. The highest BCUT2D eigenvalue weighted by Crippen LogP contribution is 2.17. The molecule has 0 atom stereocenters. The average molecular weight is 258 g/mol. The number of anilines is 2. The summed E-state index contributed by atoms with van der Waals surface area (Å²) in [6.45, 7) is 4.58. The summed E-state index contributed by atoms with van der Waals surface area (Å²) in [6.07, 6.45) is 0.867. The van der Waals surface area contributed by atoms with Gasteiger partial charge in [0.25, 0.3) is 5.91 Å². The van der Waals surface area contributed by atoms with Crippen LogP contribution >= 0.6 is 0 Å². The van der Waals surface area contributed by atoms with Crippen LogP contribution in [0.2, 0.25) is 0 Å². The monoisotopic (exact) mass is 258 g/mol. The molecular weight excluding hydrogens is 240 g/mol. The second-order valence-electron chi connectivity index (χ2n) is 4.24. The number of hydrogen-bond acceptors (Lipinski definition) is 3. The van der Waals surface area contributed by atoms with Crippen molar-refractivity contribution in [3.63, 3.8) is 0 Å². The number of carbonyl (C=O) groups is 1. The zero-order chi connectivity index (χ0) is 13.8. The molecule has 0 saturated heterocycles. The number of nitrogens with one attached hydrogen (secondary N) is 1. The van der Waals surface area contributed by atoms with E-state index in [1.807, 2.05) is 31.2 Å². The number of nitrogens with zero attached hydrogens (tertiary/aromatic N) is 2. The fraction of sp³-hybridized carbons (Fsp3) is 0.286. The highest BCUT2D eigenvalue weighted by atomic mass is 16.2. The summed E-state index contributed by atoms with van der Waals surface area (Å²) in [5.74, 6) is 0.169. The van der Waals surface area contributed by atoms with Crippen LogP contribution in [0.4, 0.5) is 11.5 Å². The largest absolute Gasteiger partial charge is 0.382 e. The smallest absolute Gasteiger partial charge is 0.274 e. The first-order valence-electron chi connectivity index (χ1n) is 6.38. The normalized spacial score (nSPS) is 10.4. The predicted molar refractivity (Wildman–Crippen MR) is 76.1 cm³/mol. The Morgan fingerprint density at radius 3 is 2.79 bits per heavy atom. The van der Waals surface area contributed by atoms with Crippen LogP contribution in [0.5, 0.6) is 0 Å². The van der Waals surface area contributed by atoms with Crippen LogP contribution in [-0.4, -0.2) is 15.7 Å². The lowest BCUT2D eigenvalue weighted by Gasteiger charge is -2.10. The predicted octanol–water partition coefficient (Wildman–Crippen LogP) is 2.30. The molecule has 5 heteroatoms. The third-order valence-corrected chi connectivity index (χ3v) is 2.98. The number of nitrogen functional groups attached to an aromatic ring is 1. The van der Waals surface area contributed by atoms with Gasteiger partial charge in [0, 0.05) is 18.3 Å². The Kier molecular flexibility index (Phi) is 3.85. The Morgan fingerprint density at radius 2 is 2.11 bits per heavy atom. The molecule has 1 aromatic heterocycles. The molecule has 0 aliphatic rings. The molecule has 0 saturated carbocycles. The van der Waals surface area contributed by atoms with Crippen LogP contribution in [0, 0.1) is 0 Å². The van der Waals surface area contributed by atoms with Crippen LogP contribution < -0.4 is 11.1 Å². The number of carbonyl (C=O) groups excluding carboxylic acids is 1. The van der Waals surface area contributed by atoms with Gasteiger partial charge in [-0.1, -0.05) is 25.1 Å². The van der Waals surface area contributed by atoms with E-state index in [4.69, 9.17) is 5.73 Å². The molecule has 19 heavy (non-hydrogen) atoms. The Balaban J connectivity index is 2.25. The molecule has 1 aromatic carbocycles. The number of aryl methyl sites for hydroxylation is 2. The zero-order valence-electron chi connectivity index (χ0n) is 11.2. The van der Waals surface area contributed by atoms with Crippen LogP contribution in [0.3, 0.4) is 0 Å². The molecule has 0 unspecified atom stereocenters. The summed E-state index contributed by atoms with van der Waals surface area (Å²) < 4.78 is 1.60. The van der Waals surface area contributed by atoms with Gasteiger partial charge in [-0.2, -0.15) is 5.10 Å². The first-order chi connectivity index (χ1) is 9.15. The van der Waals surface area contributed by atoms with Crippen molar-refractivity contribution in [3.8, 4) is 0 Å². The van der Waals surface area contributed by atoms with Gasteiger partial charge >= 0.3 is 0 Å². The minimum Gasteiger partial charge on any atom is -0.382 e. The second-order valence-corrected chi connectivity index (χ2v) is 4.24. The number of hydrogen-bond donors (Lipinski definition) is 2. The molecule has 1 heterocycles. The molecule has 100 valence electrons. The molecule has 0 fully saturated rings. The topological polar surface area (TPSA) is 72.9 Å². The molecule has 2 aromatic rings. The van der Waals surface area contributed by atoms with Crippen molar-refractivity contribution >= 4 is 17.4 Å². The second kappa shape index (κ2) is 5.56. The van der Waals surface area contributed by atoms with Crippen molar-refractivity contribution < 1.29 is 4.79 Å². The van der Waals surface area contributed by atoms with E-state index in [-0.39, 0.29) is 5.91 Å². The molecule has 2 rings (SSSR count). The number of benzene rings is 1. The fourth-order valence-corrected chi connectivity index (χ4v) is 2.00. The van der Waals surface area contributed by atoms with E-state index in [2.05, 4.69) is 17.3 Å². The summed E-state index contributed by atoms with van der Waals surface area (Å²) in [5.41, 5.74) is 8.04. The van der Waals surface area contributed by atoms with E-state index in [9.17, 15) is 4.79 Å². The summed E-state index contributed by atoms with van der Waals surface area (Å²) in [7, 11) is 0. The minimum absolute atomic E-state index is 0.188. The van der Waals surface area contributed by atoms with Crippen molar-refractivity contribution in [2.75, 3.05) is 11.1 Å². The highest BCUT2D eigenvalue weighted by molar-refractivity contribution is 6.03. The van der Waals surface area contributed by atoms with Crippen molar-refractivity contribution in [2.24, 2.45) is 0 Å². The third kappa shape index (κ3) is 2.76. The highest BCUT2D eigenvalue weighted by Gasteiger charge is 2.14. The summed E-state index contributed by atoms with van der Waals surface area (Å²) >= 11 is 0. The average Bonchev–Trinajstić information content (AvgIpc) is 2.80. The molecule has 0 spiro atoms. The lowest BCUT2D eigenvalue weighted by atomic mass is 10.1. The van der Waals surface area contributed by atoms with E-state index in [1.165, 1.54) is 0 Å². The van der Waals surface area contributed by atoms with Crippen LogP contribution in [0.25, 0.3) is 0 Å². The Bertz CT molecular complexity index is 589. The summed E-state index contributed by atoms with van der Waals surface area (Å²) in [6, 6.07) is 9.35. The van der Waals surface area contributed by atoms with Crippen LogP contribution in [-0.2, 0) is 13.0 Å². The van der Waals surface area contributed by atoms with Gasteiger partial charge in [-0.05, 0) is 25.0 Å². The van der Waals surface area contributed by atoms with E-state index in [0.29, 0.717) is 18.1 Å². The van der Waals surface area contributed by atoms with E-state index in [1.54, 1.807) is 10.7 Å². The van der Waals surface area contributed by atoms with Crippen LogP contribution in [0.15, 0.2) is 30.3 Å². The maximum Gasteiger partial charge on any atom is 0.274 e. The Hall–Kier alpha value is -2.30. The van der Waals surface area contributed by atoms with Gasteiger partial charge in [-0.3, -0.25) is 9.48 Å². The molecule has 3 N–H and O–H groups in total. The van der Waals surface area contributed by atoms with Gasteiger partial charge in [-0.25, -0.2) is 0 Å². The molecule has 0 bridgehead atoms. The lowest BCUT2D eigenvalue weighted by molar-refractivity contribution is 0.101. The van der Waals surface area contributed by atoms with E-state index in [0.717, 1.165) is 17.7 Å². The first kappa shape index (κ1) is 13.1. The molecular formula is C14H18N4O. The Morgan fingerprint density at radius 1 is 1.37 bits per heavy atom. The van der Waals surface area contributed by atoms with Crippen molar-refractivity contribution in [1.82, 2.24) is 9.78 Å². The van der Waals surface area contributed by atoms with Crippen molar-refractivity contribution in [3.05, 3.63) is 41.6 Å². The number of para-hydroxylation sites is 1. The first-order valence-corrected chi connectivity index (χ1v) is 6.38. The molecule has 0 aliphatic heterocycles. The Labute approximate surface area is 112 Å². The van der Waals surface area contributed by atoms with Gasteiger partial charge in [-0.15, -0.1) is 0 Å². The lowest BCUT2D eigenvalue weighted by Crippen LogP contribution is -2.18. The quantitative estimate of drug-likeness (QED) is 0.883. The number of aromatic nitrogens is 2. The molecule has 0 radical (unpaired) electrons. The van der Waals surface area contributed by atoms with Crippen LogP contribution in [0.1, 0.15) is 29.9 Å². The summed E-state index contributed by atoms with van der Waals surface area (Å²) in [5, 5.41) is 6.98. The standard InChI is InChI=1S/C14H18N4O/c1-3-10-7-5-6-8-11(10)16-14(19)12-9-13(15)17-18(12)4-2/h5-9H,3-4H2,1-2H3,(H2,15,17)(H,16,19). The van der Waals surface area contributed by atoms with Crippen molar-refractivity contribution in [1.29, 1.82) is 0 Å². The van der Waals surface area contributed by atoms with E-state index < -0.39 is 0 Å². The van der Waals surface area contributed by atoms with Gasteiger partial charge in [0.15, 0.2) is 0 Å². The van der Waals surface area contributed by atoms with E-state index >= 15 is 0 Å². The molecule has 0 aliphatic carbocycles. The number of nitrogens with two attached hydrogens (primary N) is 1. The third-order valence-electron chi connectivity index (χ3n) is 2.98. The minimum atomic E-state index is -0.188. The molecule has 5 nitrogen and oxygen atoms in total. The van der Waals surface area contributed by atoms with Gasteiger partial charge < -0.3 is 11.1 Å². The van der Waals surface area contributed by atoms with Gasteiger partial charge in [0.05, 0.1) is 0 Å². The number of amides is 1. The van der Waals surface area contributed by atoms with Gasteiger partial charge in [0.2, 0.25) is 0 Å². The van der Waals surface area contributed by atoms with Crippen molar-refractivity contribution in [2.45, 2.75) is 26.8 Å². The number of rotatable bonds is 4. The SMILES string of the molecule is CCc1ccccc1NC(=O)c1cc(N)nn1CC. The maximum atomic E-state index is 12.2. The van der Waals surface area contributed by atoms with Gasteiger partial charge in [0.1, 0.15) is 11.5 Å². The fourth-order valence-electron chi connectivity index (χ4n) is 2.00. The summed E-state index contributed by atoms with van der Waals surface area (Å²) in [4.78, 5) is 12.2. The zero-order valence-corrected chi connectivity index (χ0v) is 11.2.